The Morgan fingerprint density at radius 1 is 0.970 bits per heavy atom. The van der Waals surface area contributed by atoms with Crippen LogP contribution in [0.25, 0.3) is 31.8 Å². The maximum absolute atomic E-state index is 13.6. The number of nitrogens with one attached hydrogen (secondary N) is 1. The SMILES string of the molecule is CCN1C(=O)c2cccc3c(S(=O)(=O)Nc4cc5sc(=O)oc5c5ccccc45)ccc1c23. The van der Waals surface area contributed by atoms with Gasteiger partial charge >= 0.3 is 4.94 Å². The van der Waals surface area contributed by atoms with Gasteiger partial charge in [0.15, 0.2) is 5.58 Å². The van der Waals surface area contributed by atoms with Crippen LogP contribution in [0.2, 0.25) is 0 Å². The fourth-order valence-electron chi connectivity index (χ4n) is 4.55. The van der Waals surface area contributed by atoms with Crippen molar-refractivity contribution in [2.45, 2.75) is 11.8 Å². The Balaban J connectivity index is 1.56. The van der Waals surface area contributed by atoms with Gasteiger partial charge in [-0.25, -0.2) is 13.2 Å². The van der Waals surface area contributed by atoms with Crippen LogP contribution in [0.15, 0.2) is 74.8 Å². The Labute approximate surface area is 191 Å². The monoisotopic (exact) mass is 476 g/mol. The van der Waals surface area contributed by atoms with Gasteiger partial charge in [0.2, 0.25) is 0 Å². The minimum absolute atomic E-state index is 0.0819. The van der Waals surface area contributed by atoms with Gasteiger partial charge in [-0.1, -0.05) is 47.7 Å². The predicted molar refractivity (Wildman–Crippen MR) is 130 cm³/mol. The molecule has 0 unspecified atom stereocenters. The zero-order valence-corrected chi connectivity index (χ0v) is 18.9. The molecule has 0 spiro atoms. The fourth-order valence-corrected chi connectivity index (χ4v) is 6.55. The number of carbonyl (C=O) groups is 1. The van der Waals surface area contributed by atoms with Gasteiger partial charge in [-0.05, 0) is 31.2 Å². The minimum atomic E-state index is -4.02. The van der Waals surface area contributed by atoms with Crippen LogP contribution in [0.5, 0.6) is 0 Å². The number of nitrogens with zero attached hydrogens (tertiary/aromatic N) is 1. The van der Waals surface area contributed by atoms with Crippen LogP contribution in [0.1, 0.15) is 17.3 Å². The summed E-state index contributed by atoms with van der Waals surface area (Å²) in [6, 6.07) is 17.1. The first-order valence-electron chi connectivity index (χ1n) is 10.2. The summed E-state index contributed by atoms with van der Waals surface area (Å²) in [5, 5.41) is 2.39. The minimum Gasteiger partial charge on any atom is -0.413 e. The van der Waals surface area contributed by atoms with E-state index in [1.165, 1.54) is 6.07 Å². The van der Waals surface area contributed by atoms with Crippen LogP contribution >= 0.6 is 11.3 Å². The number of sulfonamides is 1. The van der Waals surface area contributed by atoms with Crippen LogP contribution in [0.4, 0.5) is 11.4 Å². The number of carbonyl (C=O) groups excluding carboxylic acids is 1. The van der Waals surface area contributed by atoms with Crippen molar-refractivity contribution in [2.24, 2.45) is 0 Å². The molecule has 0 fully saturated rings. The van der Waals surface area contributed by atoms with E-state index in [2.05, 4.69) is 4.72 Å². The van der Waals surface area contributed by atoms with Crippen molar-refractivity contribution in [3.63, 3.8) is 0 Å². The number of fused-ring (bicyclic) bond motifs is 3. The second-order valence-corrected chi connectivity index (χ2v) is 10.3. The van der Waals surface area contributed by atoms with Crippen molar-refractivity contribution in [3.05, 3.63) is 76.0 Å². The Kier molecular flexibility index (Phi) is 4.17. The molecule has 5 aromatic rings. The molecule has 9 heteroatoms. The average Bonchev–Trinajstić information content (AvgIpc) is 3.31. The summed E-state index contributed by atoms with van der Waals surface area (Å²) >= 11 is 0.921. The highest BCUT2D eigenvalue weighted by molar-refractivity contribution is 7.93. The molecule has 1 amide bonds. The Morgan fingerprint density at radius 2 is 1.73 bits per heavy atom. The largest absolute Gasteiger partial charge is 0.413 e. The molecule has 1 aromatic heterocycles. The van der Waals surface area contributed by atoms with Gasteiger partial charge in [-0.15, -0.1) is 0 Å². The molecule has 4 aromatic carbocycles. The van der Waals surface area contributed by atoms with Gasteiger partial charge in [0.1, 0.15) is 0 Å². The summed E-state index contributed by atoms with van der Waals surface area (Å²) < 4.78 is 35.8. The number of hydrogen-bond donors (Lipinski definition) is 1. The lowest BCUT2D eigenvalue weighted by atomic mass is 10.1. The van der Waals surface area contributed by atoms with E-state index in [0.29, 0.717) is 55.3 Å². The quantitative estimate of drug-likeness (QED) is 0.396. The second kappa shape index (κ2) is 6.90. The van der Waals surface area contributed by atoms with Gasteiger partial charge in [0, 0.05) is 33.7 Å². The maximum Gasteiger partial charge on any atom is 0.396 e. The molecule has 0 radical (unpaired) electrons. The Bertz CT molecular complexity index is 1800. The van der Waals surface area contributed by atoms with E-state index in [-0.39, 0.29) is 10.8 Å². The summed E-state index contributed by atoms with van der Waals surface area (Å²) in [7, 11) is -4.02. The summed E-state index contributed by atoms with van der Waals surface area (Å²) in [6.45, 7) is 2.37. The topological polar surface area (TPSA) is 96.7 Å². The van der Waals surface area contributed by atoms with E-state index in [4.69, 9.17) is 4.42 Å². The smallest absolute Gasteiger partial charge is 0.396 e. The molecule has 0 aliphatic carbocycles. The van der Waals surface area contributed by atoms with Crippen LogP contribution in [-0.4, -0.2) is 20.9 Å². The molecule has 33 heavy (non-hydrogen) atoms. The van der Waals surface area contributed by atoms with Gasteiger partial charge in [0.05, 0.1) is 21.0 Å². The highest BCUT2D eigenvalue weighted by Gasteiger charge is 2.31. The van der Waals surface area contributed by atoms with E-state index in [0.717, 1.165) is 11.3 Å². The fraction of sp³-hybridized carbons (Fsp3) is 0.0833. The first kappa shape index (κ1) is 20.0. The summed E-state index contributed by atoms with van der Waals surface area (Å²) in [5.74, 6) is -0.132. The molecule has 1 aliphatic rings. The van der Waals surface area contributed by atoms with Gasteiger partial charge < -0.3 is 9.32 Å². The molecule has 1 aliphatic heterocycles. The van der Waals surface area contributed by atoms with Crippen LogP contribution < -0.4 is 14.6 Å². The molecular formula is C24H16N2O5S2. The van der Waals surface area contributed by atoms with Crippen molar-refractivity contribution in [2.75, 3.05) is 16.2 Å². The lowest BCUT2D eigenvalue weighted by Gasteiger charge is -2.16. The van der Waals surface area contributed by atoms with Gasteiger partial charge in [-0.2, -0.15) is 0 Å². The van der Waals surface area contributed by atoms with E-state index >= 15 is 0 Å². The Hall–Kier alpha value is -3.69. The van der Waals surface area contributed by atoms with Crippen molar-refractivity contribution < 1.29 is 17.6 Å². The van der Waals surface area contributed by atoms with E-state index in [1.54, 1.807) is 59.5 Å². The van der Waals surface area contributed by atoms with Gasteiger partial charge in [0.25, 0.3) is 15.9 Å². The zero-order chi connectivity index (χ0) is 22.9. The number of benzene rings is 4. The first-order chi connectivity index (χ1) is 15.9. The molecule has 7 nitrogen and oxygen atoms in total. The molecule has 0 saturated heterocycles. The second-order valence-electron chi connectivity index (χ2n) is 7.72. The van der Waals surface area contributed by atoms with Crippen LogP contribution in [0, 0.1) is 0 Å². The number of anilines is 2. The van der Waals surface area contributed by atoms with Crippen molar-refractivity contribution in [1.82, 2.24) is 0 Å². The summed E-state index contributed by atoms with van der Waals surface area (Å²) in [5.41, 5.74) is 2.00. The van der Waals surface area contributed by atoms with Crippen molar-refractivity contribution >= 4 is 70.5 Å². The van der Waals surface area contributed by atoms with Crippen molar-refractivity contribution in [3.8, 4) is 0 Å². The van der Waals surface area contributed by atoms with E-state index < -0.39 is 15.0 Å². The van der Waals surface area contributed by atoms with Crippen LogP contribution in [-0.2, 0) is 10.0 Å². The predicted octanol–water partition coefficient (Wildman–Crippen LogP) is 4.94. The van der Waals surface area contributed by atoms with Crippen LogP contribution in [0.3, 0.4) is 0 Å². The third-order valence-corrected chi connectivity index (χ3v) is 8.13. The maximum atomic E-state index is 13.6. The summed E-state index contributed by atoms with van der Waals surface area (Å²) in [6.07, 6.45) is 0. The lowest BCUT2D eigenvalue weighted by molar-refractivity contribution is 0.0994. The standard InChI is InChI=1S/C24H16N2O5S2/c1-2-26-18-10-11-20(15-8-5-9-16(21(15)18)23(26)27)33(29,30)25-17-12-19-22(31-24(28)32-19)14-7-4-3-6-13(14)17/h3-12,25H,2H2,1H3. The normalized spacial score (nSPS) is 13.5. The molecule has 0 saturated carbocycles. The van der Waals surface area contributed by atoms with E-state index in [1.807, 2.05) is 6.92 Å². The number of amides is 1. The molecule has 0 atom stereocenters. The lowest BCUT2D eigenvalue weighted by Crippen LogP contribution is -2.25. The molecule has 6 rings (SSSR count). The van der Waals surface area contributed by atoms with E-state index in [9.17, 15) is 18.0 Å². The average molecular weight is 477 g/mol. The summed E-state index contributed by atoms with van der Waals surface area (Å²) in [4.78, 5) is 25.9. The zero-order valence-electron chi connectivity index (χ0n) is 17.3. The molecular weight excluding hydrogens is 460 g/mol. The highest BCUT2D eigenvalue weighted by Crippen LogP contribution is 2.41. The third kappa shape index (κ3) is 2.82. The molecule has 164 valence electrons. The Morgan fingerprint density at radius 3 is 2.52 bits per heavy atom. The third-order valence-electron chi connectivity index (χ3n) is 5.93. The molecule has 2 heterocycles. The number of rotatable bonds is 4. The van der Waals surface area contributed by atoms with Gasteiger partial charge in [-0.3, -0.25) is 9.52 Å². The first-order valence-corrected chi connectivity index (χ1v) is 12.5. The number of hydrogen-bond acceptors (Lipinski definition) is 6. The van der Waals surface area contributed by atoms with Crippen molar-refractivity contribution in [1.29, 1.82) is 0 Å². The molecule has 1 N–H and O–H groups in total. The molecule has 0 bridgehead atoms. The highest BCUT2D eigenvalue weighted by atomic mass is 32.2.